The van der Waals surface area contributed by atoms with Crippen molar-refractivity contribution in [3.05, 3.63) is 59.2 Å². The highest BCUT2D eigenvalue weighted by Crippen LogP contribution is 2.36. The normalized spacial score (nSPS) is 11.5. The first-order chi connectivity index (χ1) is 15.6. The number of benzene rings is 2. The molecule has 0 fully saturated rings. The zero-order valence-corrected chi connectivity index (χ0v) is 18.6. The van der Waals surface area contributed by atoms with Gasteiger partial charge in [-0.1, -0.05) is 28.9 Å². The molecule has 13 heteroatoms. The molecule has 4 aromatic rings. The molecule has 0 aliphatic heterocycles. The Hall–Kier alpha value is -3.58. The van der Waals surface area contributed by atoms with Crippen LogP contribution in [0, 0.1) is 0 Å². The van der Waals surface area contributed by atoms with Gasteiger partial charge in [0, 0.05) is 23.2 Å². The van der Waals surface area contributed by atoms with Crippen molar-refractivity contribution in [1.82, 2.24) is 25.5 Å². The lowest BCUT2D eigenvalue weighted by atomic mass is 10.1. The van der Waals surface area contributed by atoms with E-state index in [0.29, 0.717) is 32.7 Å². The number of oxazole rings is 1. The predicted molar refractivity (Wildman–Crippen MR) is 117 cm³/mol. The molecule has 0 unspecified atom stereocenters. The van der Waals surface area contributed by atoms with E-state index in [1.807, 2.05) is 0 Å². The lowest BCUT2D eigenvalue weighted by molar-refractivity contribution is -0.158. The quantitative estimate of drug-likeness (QED) is 0.274. The monoisotopic (exact) mass is 488 g/mol. The molecule has 0 radical (unpaired) electrons. The molecule has 4 rings (SSSR count). The number of carbonyl (C=O) groups is 1. The van der Waals surface area contributed by atoms with E-state index in [2.05, 4.69) is 20.4 Å². The molecule has 11 nitrogen and oxygen atoms in total. The van der Waals surface area contributed by atoms with Crippen molar-refractivity contribution in [2.45, 2.75) is 11.3 Å². The molecule has 1 amide bonds. The Morgan fingerprint density at radius 2 is 1.79 bits per heavy atom. The molecule has 0 bridgehead atoms. The van der Waals surface area contributed by atoms with E-state index < -0.39 is 15.9 Å². The van der Waals surface area contributed by atoms with Gasteiger partial charge in [-0.15, -0.1) is 5.10 Å². The van der Waals surface area contributed by atoms with Crippen LogP contribution in [0.25, 0.3) is 34.2 Å². The predicted octanol–water partition coefficient (Wildman–Crippen LogP) is 2.48. The maximum absolute atomic E-state index is 11.9. The molecular formula is C20H17ClN6O5S. The van der Waals surface area contributed by atoms with Gasteiger partial charge in [0.2, 0.25) is 15.9 Å². The fourth-order valence-electron chi connectivity index (χ4n) is 3.02. The van der Waals surface area contributed by atoms with Crippen molar-refractivity contribution in [2.24, 2.45) is 5.14 Å². The summed E-state index contributed by atoms with van der Waals surface area (Å²) in [5, 5.41) is 25.8. The number of nitrogens with zero attached hydrogens (tertiary/aromatic N) is 4. The summed E-state index contributed by atoms with van der Waals surface area (Å²) in [4.78, 5) is 16.4. The summed E-state index contributed by atoms with van der Waals surface area (Å²) in [6.07, 6.45) is -0.240. The van der Waals surface area contributed by atoms with Crippen molar-refractivity contribution >= 4 is 27.5 Å². The number of nitrogens with one attached hydrogen (secondary N) is 1. The number of hydrogen-bond acceptors (Lipinski definition) is 8. The number of amides is 1. The molecule has 2 aromatic heterocycles. The third-order valence-corrected chi connectivity index (χ3v) is 5.89. The van der Waals surface area contributed by atoms with Crippen molar-refractivity contribution in [2.75, 3.05) is 7.05 Å². The molecule has 0 aliphatic carbocycles. The van der Waals surface area contributed by atoms with Crippen LogP contribution < -0.4 is 5.14 Å². The second-order valence-corrected chi connectivity index (χ2v) is 9.00. The molecule has 170 valence electrons. The van der Waals surface area contributed by atoms with E-state index >= 15 is 0 Å². The molecular weight excluding hydrogens is 472 g/mol. The summed E-state index contributed by atoms with van der Waals surface area (Å²) in [7, 11) is -2.66. The molecule has 4 N–H and O–H groups in total. The number of sulfonamides is 1. The van der Waals surface area contributed by atoms with Crippen LogP contribution in [0.2, 0.25) is 5.02 Å². The largest absolute Gasteiger partial charge is 0.434 e. The third-order valence-electron chi connectivity index (χ3n) is 4.70. The van der Waals surface area contributed by atoms with E-state index in [9.17, 15) is 18.4 Å². The number of aromatic amines is 1. The van der Waals surface area contributed by atoms with E-state index in [4.69, 9.17) is 21.2 Å². The number of hydroxylamine groups is 2. The molecule has 0 spiro atoms. The second-order valence-electron chi connectivity index (χ2n) is 7.00. The van der Waals surface area contributed by atoms with Gasteiger partial charge in [-0.25, -0.2) is 23.6 Å². The number of nitrogens with two attached hydrogens (primary N) is 1. The Kier molecular flexibility index (Phi) is 5.99. The van der Waals surface area contributed by atoms with Gasteiger partial charge in [0.1, 0.15) is 17.1 Å². The van der Waals surface area contributed by atoms with Crippen molar-refractivity contribution < 1.29 is 22.8 Å². The fourth-order valence-corrected chi connectivity index (χ4v) is 3.67. The highest BCUT2D eigenvalue weighted by molar-refractivity contribution is 7.89. The van der Waals surface area contributed by atoms with Crippen LogP contribution in [0.1, 0.15) is 5.69 Å². The van der Waals surface area contributed by atoms with Crippen LogP contribution >= 0.6 is 11.6 Å². The zero-order chi connectivity index (χ0) is 23.8. The van der Waals surface area contributed by atoms with Gasteiger partial charge in [-0.05, 0) is 36.4 Å². The minimum atomic E-state index is -3.86. The molecule has 2 heterocycles. The lowest BCUT2D eigenvalue weighted by Crippen LogP contribution is -2.24. The average Bonchev–Trinajstić information content (AvgIpc) is 3.40. The van der Waals surface area contributed by atoms with Gasteiger partial charge in [0.25, 0.3) is 5.91 Å². The maximum Gasteiger partial charge on any atom is 0.251 e. The second kappa shape index (κ2) is 8.75. The minimum absolute atomic E-state index is 0.0503. The van der Waals surface area contributed by atoms with E-state index in [-0.39, 0.29) is 28.6 Å². The number of H-pyrrole nitrogens is 1. The lowest BCUT2D eigenvalue weighted by Gasteiger charge is -2.06. The van der Waals surface area contributed by atoms with E-state index in [1.54, 1.807) is 36.4 Å². The standard InChI is InChI=1S/C20H17ClN6O5S/c1-27(29)16(28)10-15-18(25-26-24-15)20-23-17(11-2-6-13(21)7-3-11)19(32-20)12-4-8-14(9-5-12)33(22,30)31/h2-9,29H,10H2,1H3,(H2,22,30,31)(H,24,25,26). The Balaban J connectivity index is 1.83. The molecule has 33 heavy (non-hydrogen) atoms. The zero-order valence-electron chi connectivity index (χ0n) is 17.1. The van der Waals surface area contributed by atoms with Crippen molar-refractivity contribution in [3.8, 4) is 34.2 Å². The SMILES string of the molecule is CN(O)C(=O)Cc1nn[nH]c1-c1nc(-c2ccc(Cl)cc2)c(-c2ccc(S(N)(=O)=O)cc2)o1. The summed E-state index contributed by atoms with van der Waals surface area (Å²) < 4.78 is 29.2. The van der Waals surface area contributed by atoms with Crippen LogP contribution in [0.15, 0.2) is 57.8 Å². The van der Waals surface area contributed by atoms with Gasteiger partial charge < -0.3 is 4.42 Å². The number of primary sulfonamides is 1. The maximum atomic E-state index is 11.9. The summed E-state index contributed by atoms with van der Waals surface area (Å²) in [6.45, 7) is 0. The number of likely N-dealkylation sites (N-methyl/N-ethyl adjacent to an activating group) is 1. The minimum Gasteiger partial charge on any atom is -0.434 e. The van der Waals surface area contributed by atoms with Crippen LogP contribution in [0.4, 0.5) is 0 Å². The first kappa shape index (κ1) is 22.6. The van der Waals surface area contributed by atoms with Gasteiger partial charge in [-0.2, -0.15) is 0 Å². The Labute approximate surface area is 192 Å². The molecule has 0 aliphatic rings. The first-order valence-corrected chi connectivity index (χ1v) is 11.3. The molecule has 0 saturated heterocycles. The van der Waals surface area contributed by atoms with Gasteiger partial charge in [0.15, 0.2) is 5.76 Å². The third kappa shape index (κ3) is 4.78. The van der Waals surface area contributed by atoms with Crippen molar-refractivity contribution in [1.29, 1.82) is 0 Å². The molecule has 2 aromatic carbocycles. The van der Waals surface area contributed by atoms with E-state index in [1.165, 1.54) is 19.2 Å². The topological polar surface area (TPSA) is 168 Å². The fraction of sp³-hybridized carbons (Fsp3) is 0.100. The first-order valence-electron chi connectivity index (χ1n) is 9.39. The highest BCUT2D eigenvalue weighted by Gasteiger charge is 2.24. The van der Waals surface area contributed by atoms with Gasteiger partial charge >= 0.3 is 0 Å². The Morgan fingerprint density at radius 1 is 1.15 bits per heavy atom. The number of aromatic nitrogens is 4. The van der Waals surface area contributed by atoms with Gasteiger partial charge in [0.05, 0.1) is 11.3 Å². The van der Waals surface area contributed by atoms with Crippen molar-refractivity contribution in [3.63, 3.8) is 0 Å². The van der Waals surface area contributed by atoms with E-state index in [0.717, 1.165) is 0 Å². The summed E-state index contributed by atoms with van der Waals surface area (Å²) >= 11 is 6.01. The summed E-state index contributed by atoms with van der Waals surface area (Å²) in [5.74, 6) is -0.174. The van der Waals surface area contributed by atoms with Crippen LogP contribution in [0.5, 0.6) is 0 Å². The number of rotatable bonds is 6. The summed E-state index contributed by atoms with van der Waals surface area (Å²) in [6, 6.07) is 12.7. The van der Waals surface area contributed by atoms with Crippen LogP contribution in [0.3, 0.4) is 0 Å². The number of carbonyl (C=O) groups excluding carboxylic acids is 1. The molecule has 0 saturated carbocycles. The van der Waals surface area contributed by atoms with Gasteiger partial charge in [-0.3, -0.25) is 15.1 Å². The van der Waals surface area contributed by atoms with Crippen LogP contribution in [-0.4, -0.2) is 52.0 Å². The Bertz CT molecular complexity index is 1410. The highest BCUT2D eigenvalue weighted by atomic mass is 35.5. The van der Waals surface area contributed by atoms with Crippen LogP contribution in [-0.2, 0) is 21.2 Å². The number of hydrogen-bond donors (Lipinski definition) is 3. The number of halogens is 1. The smallest absolute Gasteiger partial charge is 0.251 e. The average molecular weight is 489 g/mol. The Morgan fingerprint density at radius 3 is 2.39 bits per heavy atom. The summed E-state index contributed by atoms with van der Waals surface area (Å²) in [5.41, 5.74) is 2.14. The molecule has 0 atom stereocenters.